The Hall–Kier alpha value is -1.16. The number of nitrogens with zero attached hydrogens (tertiary/aromatic N) is 2. The van der Waals surface area contributed by atoms with E-state index in [1.807, 2.05) is 0 Å². The van der Waals surface area contributed by atoms with Gasteiger partial charge in [-0.3, -0.25) is 4.98 Å². The summed E-state index contributed by atoms with van der Waals surface area (Å²) in [6, 6.07) is 0.461. The second-order valence-corrected chi connectivity index (χ2v) is 3.73. The highest BCUT2D eigenvalue weighted by molar-refractivity contribution is 5.07. The van der Waals surface area contributed by atoms with Gasteiger partial charge in [0.15, 0.2) is 0 Å². The molecule has 0 amide bonds. The molecule has 1 heterocycles. The van der Waals surface area contributed by atoms with Gasteiger partial charge in [0.1, 0.15) is 0 Å². The molecule has 0 aliphatic rings. The monoisotopic (exact) mass is 209 g/mol. The Kier molecular flexibility index (Phi) is 5.04. The Morgan fingerprint density at radius 2 is 2.13 bits per heavy atom. The fourth-order valence-corrected chi connectivity index (χ4v) is 1.02. The van der Waals surface area contributed by atoms with Crippen molar-refractivity contribution in [2.45, 2.75) is 39.8 Å². The minimum Gasteiger partial charge on any atom is -0.477 e. The number of ether oxygens (including phenoxy) is 1. The second kappa shape index (κ2) is 6.35. The van der Waals surface area contributed by atoms with Crippen molar-refractivity contribution >= 4 is 0 Å². The highest BCUT2D eigenvalue weighted by Crippen LogP contribution is 2.04. The smallest absolute Gasteiger partial charge is 0.232 e. The summed E-state index contributed by atoms with van der Waals surface area (Å²) in [4.78, 5) is 8.42. The molecule has 0 aromatic carbocycles. The maximum Gasteiger partial charge on any atom is 0.232 e. The van der Waals surface area contributed by atoms with Crippen LogP contribution in [0.25, 0.3) is 0 Å². The number of rotatable bonds is 6. The van der Waals surface area contributed by atoms with Crippen LogP contribution in [0.1, 0.15) is 32.9 Å². The van der Waals surface area contributed by atoms with Crippen molar-refractivity contribution in [3.63, 3.8) is 0 Å². The molecule has 15 heavy (non-hydrogen) atoms. The summed E-state index contributed by atoms with van der Waals surface area (Å²) in [5.41, 5.74) is 0.938. The standard InChI is InChI=1S/C11H19N3O/c1-4-5-15-11-8-13-10(7-14-11)6-12-9(2)3/h7-9,12H,4-6H2,1-3H3. The predicted octanol–water partition coefficient (Wildman–Crippen LogP) is 1.76. The Balaban J connectivity index is 2.41. The topological polar surface area (TPSA) is 47.0 Å². The Morgan fingerprint density at radius 1 is 1.33 bits per heavy atom. The van der Waals surface area contributed by atoms with Crippen LogP contribution < -0.4 is 10.1 Å². The molecule has 0 bridgehead atoms. The normalized spacial score (nSPS) is 10.7. The van der Waals surface area contributed by atoms with E-state index in [1.165, 1.54) is 0 Å². The predicted molar refractivity (Wildman–Crippen MR) is 59.8 cm³/mol. The molecule has 0 aliphatic carbocycles. The lowest BCUT2D eigenvalue weighted by molar-refractivity contribution is 0.303. The Labute approximate surface area is 91.1 Å². The van der Waals surface area contributed by atoms with Crippen LogP contribution in [0.15, 0.2) is 12.4 Å². The summed E-state index contributed by atoms with van der Waals surface area (Å²) in [5.74, 6) is 0.602. The van der Waals surface area contributed by atoms with E-state index < -0.39 is 0 Å². The molecule has 0 fully saturated rings. The van der Waals surface area contributed by atoms with E-state index in [-0.39, 0.29) is 0 Å². The van der Waals surface area contributed by atoms with Crippen molar-refractivity contribution in [2.24, 2.45) is 0 Å². The molecule has 4 nitrogen and oxygen atoms in total. The first-order chi connectivity index (χ1) is 7.22. The van der Waals surface area contributed by atoms with E-state index in [0.29, 0.717) is 18.5 Å². The van der Waals surface area contributed by atoms with Gasteiger partial charge in [-0.2, -0.15) is 0 Å². The van der Waals surface area contributed by atoms with E-state index >= 15 is 0 Å². The molecule has 0 radical (unpaired) electrons. The van der Waals surface area contributed by atoms with Crippen LogP contribution in [0.2, 0.25) is 0 Å². The number of nitrogens with one attached hydrogen (secondary N) is 1. The summed E-state index contributed by atoms with van der Waals surface area (Å²) in [6.45, 7) is 7.71. The Morgan fingerprint density at radius 3 is 2.67 bits per heavy atom. The van der Waals surface area contributed by atoms with E-state index in [9.17, 15) is 0 Å². The summed E-state index contributed by atoms with van der Waals surface area (Å²) >= 11 is 0. The fourth-order valence-electron chi connectivity index (χ4n) is 1.02. The summed E-state index contributed by atoms with van der Waals surface area (Å²) in [5, 5.41) is 3.28. The highest BCUT2D eigenvalue weighted by atomic mass is 16.5. The summed E-state index contributed by atoms with van der Waals surface area (Å²) in [6.07, 6.45) is 4.41. The zero-order valence-corrected chi connectivity index (χ0v) is 9.66. The third kappa shape index (κ3) is 4.74. The molecule has 0 saturated carbocycles. The third-order valence-electron chi connectivity index (χ3n) is 1.83. The van der Waals surface area contributed by atoms with Crippen molar-refractivity contribution in [1.29, 1.82) is 0 Å². The second-order valence-electron chi connectivity index (χ2n) is 3.73. The van der Waals surface area contributed by atoms with Crippen LogP contribution >= 0.6 is 0 Å². The summed E-state index contributed by atoms with van der Waals surface area (Å²) < 4.78 is 5.34. The van der Waals surface area contributed by atoms with Crippen LogP contribution in [0.3, 0.4) is 0 Å². The van der Waals surface area contributed by atoms with Gasteiger partial charge in [-0.15, -0.1) is 0 Å². The van der Waals surface area contributed by atoms with Crippen molar-refractivity contribution < 1.29 is 4.74 Å². The van der Waals surface area contributed by atoms with Crippen molar-refractivity contribution in [2.75, 3.05) is 6.61 Å². The molecule has 1 N–H and O–H groups in total. The number of hydrogen-bond acceptors (Lipinski definition) is 4. The quantitative estimate of drug-likeness (QED) is 0.775. The minimum absolute atomic E-state index is 0.461. The molecule has 0 unspecified atom stereocenters. The molecule has 0 atom stereocenters. The molecule has 0 aliphatic heterocycles. The van der Waals surface area contributed by atoms with Crippen molar-refractivity contribution in [1.82, 2.24) is 15.3 Å². The first-order valence-corrected chi connectivity index (χ1v) is 5.39. The molecular formula is C11H19N3O. The van der Waals surface area contributed by atoms with Crippen molar-refractivity contribution in [3.05, 3.63) is 18.1 Å². The van der Waals surface area contributed by atoms with Gasteiger partial charge >= 0.3 is 0 Å². The van der Waals surface area contributed by atoms with E-state index in [1.54, 1.807) is 12.4 Å². The van der Waals surface area contributed by atoms with E-state index in [0.717, 1.165) is 18.7 Å². The average molecular weight is 209 g/mol. The lowest BCUT2D eigenvalue weighted by atomic mass is 10.3. The van der Waals surface area contributed by atoms with Gasteiger partial charge in [0, 0.05) is 12.6 Å². The Bertz CT molecular complexity index is 272. The maximum absolute atomic E-state index is 5.34. The fraction of sp³-hybridized carbons (Fsp3) is 0.636. The summed E-state index contributed by atoms with van der Waals surface area (Å²) in [7, 11) is 0. The molecule has 1 rings (SSSR count). The van der Waals surface area contributed by atoms with Gasteiger partial charge in [0.25, 0.3) is 0 Å². The first kappa shape index (κ1) is 11.9. The third-order valence-corrected chi connectivity index (χ3v) is 1.83. The largest absolute Gasteiger partial charge is 0.477 e. The van der Waals surface area contributed by atoms with Crippen LogP contribution in [0.5, 0.6) is 5.88 Å². The SMILES string of the molecule is CCCOc1cnc(CNC(C)C)cn1. The van der Waals surface area contributed by atoms with E-state index in [4.69, 9.17) is 4.74 Å². The van der Waals surface area contributed by atoms with Gasteiger partial charge in [-0.05, 0) is 6.42 Å². The molecule has 1 aromatic heterocycles. The molecule has 0 saturated heterocycles. The zero-order chi connectivity index (χ0) is 11.1. The average Bonchev–Trinajstić information content (AvgIpc) is 2.25. The molecule has 0 spiro atoms. The van der Waals surface area contributed by atoms with Crippen LogP contribution in [-0.2, 0) is 6.54 Å². The molecule has 84 valence electrons. The molecule has 4 heteroatoms. The molecular weight excluding hydrogens is 190 g/mol. The first-order valence-electron chi connectivity index (χ1n) is 5.39. The van der Waals surface area contributed by atoms with Gasteiger partial charge in [-0.1, -0.05) is 20.8 Å². The lowest BCUT2D eigenvalue weighted by Crippen LogP contribution is -2.22. The van der Waals surface area contributed by atoms with Crippen LogP contribution in [-0.4, -0.2) is 22.6 Å². The lowest BCUT2D eigenvalue weighted by Gasteiger charge is -2.07. The van der Waals surface area contributed by atoms with Crippen molar-refractivity contribution in [3.8, 4) is 5.88 Å². The van der Waals surface area contributed by atoms with Crippen LogP contribution in [0, 0.1) is 0 Å². The highest BCUT2D eigenvalue weighted by Gasteiger charge is 1.99. The zero-order valence-electron chi connectivity index (χ0n) is 9.66. The van der Waals surface area contributed by atoms with Gasteiger partial charge < -0.3 is 10.1 Å². The minimum atomic E-state index is 0.461. The number of hydrogen-bond donors (Lipinski definition) is 1. The maximum atomic E-state index is 5.34. The van der Waals surface area contributed by atoms with Gasteiger partial charge in [0.2, 0.25) is 5.88 Å². The van der Waals surface area contributed by atoms with Gasteiger partial charge in [0.05, 0.1) is 24.7 Å². The molecule has 1 aromatic rings. The number of aromatic nitrogens is 2. The van der Waals surface area contributed by atoms with E-state index in [2.05, 4.69) is 36.1 Å². The van der Waals surface area contributed by atoms with Gasteiger partial charge in [-0.25, -0.2) is 4.98 Å². The van der Waals surface area contributed by atoms with Crippen LogP contribution in [0.4, 0.5) is 0 Å².